The molecular formula is C11H13NO. The van der Waals surface area contributed by atoms with Gasteiger partial charge in [-0.2, -0.15) is 0 Å². The van der Waals surface area contributed by atoms with Crippen LogP contribution in [0.15, 0.2) is 42.7 Å². The molecule has 2 heteroatoms. The van der Waals surface area contributed by atoms with Crippen molar-refractivity contribution in [3.05, 3.63) is 48.2 Å². The molecule has 0 aliphatic carbocycles. The van der Waals surface area contributed by atoms with Gasteiger partial charge in [0.05, 0.1) is 7.11 Å². The van der Waals surface area contributed by atoms with Crippen LogP contribution >= 0.6 is 0 Å². The molecule has 2 N–H and O–H groups in total. The van der Waals surface area contributed by atoms with Gasteiger partial charge in [0.2, 0.25) is 0 Å². The van der Waals surface area contributed by atoms with Crippen molar-refractivity contribution in [3.8, 4) is 0 Å². The number of ether oxygens (including phenoxy) is 1. The molecule has 0 aromatic heterocycles. The van der Waals surface area contributed by atoms with Gasteiger partial charge in [-0.15, -0.1) is 0 Å². The first-order chi connectivity index (χ1) is 6.22. The van der Waals surface area contributed by atoms with Gasteiger partial charge in [0.15, 0.2) is 0 Å². The van der Waals surface area contributed by atoms with Gasteiger partial charge >= 0.3 is 0 Å². The van der Waals surface area contributed by atoms with E-state index in [1.165, 1.54) is 0 Å². The minimum atomic E-state index is 0.627. The lowest BCUT2D eigenvalue weighted by molar-refractivity contribution is 0.309. The van der Waals surface area contributed by atoms with Crippen molar-refractivity contribution in [1.29, 1.82) is 0 Å². The standard InChI is InChI=1S/C11H13NO/c1-9(13-2)6-7-10-4-3-5-11(12)8-10/h3-8H,1,12H2,2H3/b7-6+. The van der Waals surface area contributed by atoms with Gasteiger partial charge in [-0.3, -0.25) is 0 Å². The van der Waals surface area contributed by atoms with E-state index in [1.807, 2.05) is 30.3 Å². The molecule has 0 bridgehead atoms. The maximum Gasteiger partial charge on any atom is 0.111 e. The molecule has 0 heterocycles. The SMILES string of the molecule is C=C(/C=C/c1cccc(N)c1)OC. The summed E-state index contributed by atoms with van der Waals surface area (Å²) in [7, 11) is 1.59. The molecule has 0 aliphatic rings. The Labute approximate surface area is 78.3 Å². The minimum Gasteiger partial charge on any atom is -0.497 e. The summed E-state index contributed by atoms with van der Waals surface area (Å²) in [6.07, 6.45) is 3.71. The summed E-state index contributed by atoms with van der Waals surface area (Å²) in [5, 5.41) is 0. The van der Waals surface area contributed by atoms with E-state index in [1.54, 1.807) is 13.2 Å². The first-order valence-electron chi connectivity index (χ1n) is 3.99. The highest BCUT2D eigenvalue weighted by Gasteiger charge is 1.88. The zero-order valence-electron chi connectivity index (χ0n) is 7.66. The van der Waals surface area contributed by atoms with Crippen LogP contribution < -0.4 is 5.73 Å². The Morgan fingerprint density at radius 1 is 1.54 bits per heavy atom. The van der Waals surface area contributed by atoms with Crippen molar-refractivity contribution in [3.63, 3.8) is 0 Å². The molecule has 0 unspecified atom stereocenters. The van der Waals surface area contributed by atoms with Crippen molar-refractivity contribution >= 4 is 11.8 Å². The molecule has 2 nitrogen and oxygen atoms in total. The van der Waals surface area contributed by atoms with Crippen molar-refractivity contribution in [1.82, 2.24) is 0 Å². The number of rotatable bonds is 3. The lowest BCUT2D eigenvalue weighted by Crippen LogP contribution is -1.84. The van der Waals surface area contributed by atoms with Crippen LogP contribution in [0.1, 0.15) is 5.56 Å². The Morgan fingerprint density at radius 2 is 2.31 bits per heavy atom. The van der Waals surface area contributed by atoms with Crippen molar-refractivity contribution in [2.24, 2.45) is 0 Å². The molecule has 68 valence electrons. The van der Waals surface area contributed by atoms with Crippen LogP contribution in [-0.2, 0) is 4.74 Å². The third kappa shape index (κ3) is 3.03. The normalized spacial score (nSPS) is 10.2. The quantitative estimate of drug-likeness (QED) is 0.435. The Hall–Kier alpha value is -1.70. The smallest absolute Gasteiger partial charge is 0.111 e. The molecule has 0 amide bonds. The lowest BCUT2D eigenvalue weighted by Gasteiger charge is -1.97. The Bertz CT molecular complexity index is 329. The number of hydrogen-bond donors (Lipinski definition) is 1. The van der Waals surface area contributed by atoms with Gasteiger partial charge in [0, 0.05) is 5.69 Å². The Balaban J connectivity index is 2.74. The molecule has 1 aromatic carbocycles. The van der Waals surface area contributed by atoms with Crippen LogP contribution in [-0.4, -0.2) is 7.11 Å². The Morgan fingerprint density at radius 3 is 2.92 bits per heavy atom. The number of allylic oxidation sites excluding steroid dienone is 1. The molecule has 0 saturated carbocycles. The molecular weight excluding hydrogens is 162 g/mol. The minimum absolute atomic E-state index is 0.627. The van der Waals surface area contributed by atoms with Crippen molar-refractivity contribution in [2.75, 3.05) is 12.8 Å². The van der Waals surface area contributed by atoms with Gasteiger partial charge in [0.1, 0.15) is 5.76 Å². The summed E-state index contributed by atoms with van der Waals surface area (Å²) in [6.45, 7) is 3.67. The van der Waals surface area contributed by atoms with Crippen LogP contribution in [0.2, 0.25) is 0 Å². The lowest BCUT2D eigenvalue weighted by atomic mass is 10.2. The molecule has 1 rings (SSSR count). The summed E-state index contributed by atoms with van der Waals surface area (Å²) in [4.78, 5) is 0. The van der Waals surface area contributed by atoms with Gasteiger partial charge < -0.3 is 10.5 Å². The van der Waals surface area contributed by atoms with Crippen LogP contribution in [0.4, 0.5) is 5.69 Å². The number of nitrogens with two attached hydrogens (primary N) is 1. The fourth-order valence-electron chi connectivity index (χ4n) is 0.920. The van der Waals surface area contributed by atoms with Gasteiger partial charge in [-0.25, -0.2) is 0 Å². The molecule has 0 aliphatic heterocycles. The highest BCUT2D eigenvalue weighted by Crippen LogP contribution is 2.09. The predicted molar refractivity (Wildman–Crippen MR) is 56.0 cm³/mol. The van der Waals surface area contributed by atoms with Gasteiger partial charge in [-0.1, -0.05) is 24.8 Å². The van der Waals surface area contributed by atoms with Crippen LogP contribution in [0.3, 0.4) is 0 Å². The topological polar surface area (TPSA) is 35.2 Å². The fraction of sp³-hybridized carbons (Fsp3) is 0.0909. The second-order valence-corrected chi connectivity index (χ2v) is 2.67. The van der Waals surface area contributed by atoms with E-state index in [-0.39, 0.29) is 0 Å². The predicted octanol–water partition coefficient (Wildman–Crippen LogP) is 2.44. The molecule has 13 heavy (non-hydrogen) atoms. The van der Waals surface area contributed by atoms with Crippen molar-refractivity contribution in [2.45, 2.75) is 0 Å². The number of benzene rings is 1. The monoisotopic (exact) mass is 175 g/mol. The summed E-state index contributed by atoms with van der Waals surface area (Å²) in [6, 6.07) is 7.61. The second-order valence-electron chi connectivity index (χ2n) is 2.67. The van der Waals surface area contributed by atoms with Crippen molar-refractivity contribution < 1.29 is 4.74 Å². The van der Waals surface area contributed by atoms with E-state index in [0.717, 1.165) is 11.3 Å². The Kier molecular flexibility index (Phi) is 3.15. The maximum absolute atomic E-state index is 5.61. The number of anilines is 1. The van der Waals surface area contributed by atoms with E-state index in [0.29, 0.717) is 5.76 Å². The van der Waals surface area contributed by atoms with Crippen LogP contribution in [0, 0.1) is 0 Å². The zero-order valence-corrected chi connectivity index (χ0v) is 7.66. The second kappa shape index (κ2) is 4.36. The summed E-state index contributed by atoms with van der Waals surface area (Å²) >= 11 is 0. The molecule has 0 fully saturated rings. The third-order valence-electron chi connectivity index (χ3n) is 1.63. The summed E-state index contributed by atoms with van der Waals surface area (Å²) in [5.41, 5.74) is 7.40. The highest BCUT2D eigenvalue weighted by atomic mass is 16.5. The number of nitrogen functional groups attached to an aromatic ring is 1. The van der Waals surface area contributed by atoms with E-state index in [2.05, 4.69) is 6.58 Å². The third-order valence-corrected chi connectivity index (χ3v) is 1.63. The van der Waals surface area contributed by atoms with Crippen LogP contribution in [0.5, 0.6) is 0 Å². The maximum atomic E-state index is 5.61. The first-order valence-corrected chi connectivity index (χ1v) is 3.99. The zero-order chi connectivity index (χ0) is 9.68. The van der Waals surface area contributed by atoms with E-state index < -0.39 is 0 Å². The summed E-state index contributed by atoms with van der Waals surface area (Å²) in [5.74, 6) is 0.627. The number of hydrogen-bond acceptors (Lipinski definition) is 2. The molecule has 1 aromatic rings. The molecule has 0 atom stereocenters. The first kappa shape index (κ1) is 9.39. The summed E-state index contributed by atoms with van der Waals surface area (Å²) < 4.78 is 4.89. The largest absolute Gasteiger partial charge is 0.497 e. The average Bonchev–Trinajstić information content (AvgIpc) is 2.14. The number of methoxy groups -OCH3 is 1. The van der Waals surface area contributed by atoms with Gasteiger partial charge in [0.25, 0.3) is 0 Å². The molecule has 0 saturated heterocycles. The fourth-order valence-corrected chi connectivity index (χ4v) is 0.920. The molecule has 0 spiro atoms. The van der Waals surface area contributed by atoms with E-state index in [4.69, 9.17) is 10.5 Å². The highest BCUT2D eigenvalue weighted by molar-refractivity contribution is 5.56. The van der Waals surface area contributed by atoms with Crippen LogP contribution in [0.25, 0.3) is 6.08 Å². The molecule has 0 radical (unpaired) electrons. The van der Waals surface area contributed by atoms with Gasteiger partial charge in [-0.05, 0) is 23.8 Å². The van der Waals surface area contributed by atoms with E-state index in [9.17, 15) is 0 Å². The average molecular weight is 175 g/mol. The van der Waals surface area contributed by atoms with E-state index >= 15 is 0 Å².